The summed E-state index contributed by atoms with van der Waals surface area (Å²) in [5.74, 6) is -1.21. The van der Waals surface area contributed by atoms with E-state index >= 15 is 0 Å². The van der Waals surface area contributed by atoms with Crippen molar-refractivity contribution in [3.63, 3.8) is 0 Å². The monoisotopic (exact) mass is 471 g/mol. The Kier molecular flexibility index (Phi) is 7.74. The highest BCUT2D eigenvalue weighted by molar-refractivity contribution is 7.11. The van der Waals surface area contributed by atoms with Crippen LogP contribution in [0.1, 0.15) is 18.7 Å². The fourth-order valence-corrected chi connectivity index (χ4v) is 4.52. The highest BCUT2D eigenvalue weighted by Crippen LogP contribution is 2.13. The molecule has 0 aliphatic carbocycles. The number of rotatable bonds is 7. The van der Waals surface area contributed by atoms with E-state index in [-0.39, 0.29) is 24.6 Å². The number of benzene rings is 1. The van der Waals surface area contributed by atoms with Gasteiger partial charge in [0.25, 0.3) is 5.56 Å². The maximum absolute atomic E-state index is 12.9. The number of thiazole rings is 1. The molecule has 0 saturated carbocycles. The molecule has 10 heteroatoms. The van der Waals surface area contributed by atoms with Gasteiger partial charge in [-0.05, 0) is 48.7 Å². The largest absolute Gasteiger partial charge is 0.463 e. The summed E-state index contributed by atoms with van der Waals surface area (Å²) in [5, 5.41) is 7.25. The van der Waals surface area contributed by atoms with E-state index in [1.165, 1.54) is 28.9 Å². The predicted molar refractivity (Wildman–Crippen MR) is 126 cm³/mol. The van der Waals surface area contributed by atoms with E-state index in [4.69, 9.17) is 4.74 Å². The van der Waals surface area contributed by atoms with Gasteiger partial charge >= 0.3 is 5.97 Å². The minimum atomic E-state index is -0.584. The number of hydrogen-bond donors (Lipinski definition) is 2. The number of anilines is 2. The molecular weight excluding hydrogens is 450 g/mol. The average Bonchev–Trinajstić information content (AvgIpc) is 3.34. The molecule has 0 unspecified atom stereocenters. The third-order valence-corrected chi connectivity index (χ3v) is 5.95. The summed E-state index contributed by atoms with van der Waals surface area (Å²) >= 11 is 2.60. The number of nitrogens with one attached hydrogen (secondary N) is 2. The van der Waals surface area contributed by atoms with Crippen LogP contribution < -0.4 is 25.4 Å². The lowest BCUT2D eigenvalue weighted by Gasteiger charge is -2.07. The molecule has 2 aromatic heterocycles. The van der Waals surface area contributed by atoms with E-state index in [0.717, 1.165) is 16.2 Å². The Morgan fingerprint density at radius 3 is 2.38 bits per heavy atom. The number of carbonyl (C=O) groups is 3. The molecule has 0 fully saturated rings. The molecule has 2 N–H and O–H groups in total. The number of aromatic nitrogens is 1. The molecule has 8 nitrogen and oxygen atoms in total. The van der Waals surface area contributed by atoms with Gasteiger partial charge in [0.1, 0.15) is 11.2 Å². The van der Waals surface area contributed by atoms with E-state index in [0.29, 0.717) is 20.6 Å². The molecule has 0 aliphatic rings. The summed E-state index contributed by atoms with van der Waals surface area (Å²) in [4.78, 5) is 49.5. The molecule has 3 aromatic rings. The van der Waals surface area contributed by atoms with Gasteiger partial charge in [-0.25, -0.2) is 4.79 Å². The van der Waals surface area contributed by atoms with Crippen molar-refractivity contribution in [2.24, 2.45) is 0 Å². The second-order valence-corrected chi connectivity index (χ2v) is 8.60. The number of nitrogens with zero attached hydrogens (tertiary/aromatic N) is 1. The van der Waals surface area contributed by atoms with E-state index in [1.807, 2.05) is 17.5 Å². The van der Waals surface area contributed by atoms with Crippen LogP contribution in [0.4, 0.5) is 11.4 Å². The standard InChI is InChI=1S/C22H21N3O5S2/c1-3-30-21(28)12-20-25(22(29)18(32-20)11-17-5-4-10-31-17)13-19(27)24-16-8-6-15(7-9-16)23-14(2)26/h4-12H,3,13H2,1-2H3,(H,23,26)(H,24,27)/b18-11-,20-12?. The number of hydrogen-bond acceptors (Lipinski definition) is 7. The molecule has 0 atom stereocenters. The molecule has 0 spiro atoms. The maximum Gasteiger partial charge on any atom is 0.333 e. The molecular formula is C22H21N3O5S2. The molecule has 1 aromatic carbocycles. The highest BCUT2D eigenvalue weighted by Gasteiger charge is 2.12. The number of thiophene rings is 1. The first-order valence-corrected chi connectivity index (χ1v) is 11.4. The van der Waals surface area contributed by atoms with Crippen LogP contribution in [0, 0.1) is 0 Å². The van der Waals surface area contributed by atoms with Gasteiger partial charge in [0.2, 0.25) is 11.8 Å². The van der Waals surface area contributed by atoms with Crippen LogP contribution in [0.2, 0.25) is 0 Å². The van der Waals surface area contributed by atoms with Crippen molar-refractivity contribution in [1.29, 1.82) is 0 Å². The summed E-state index contributed by atoms with van der Waals surface area (Å²) in [6, 6.07) is 10.3. The minimum Gasteiger partial charge on any atom is -0.463 e. The van der Waals surface area contributed by atoms with Gasteiger partial charge in [-0.15, -0.1) is 22.7 Å². The van der Waals surface area contributed by atoms with Crippen molar-refractivity contribution in [2.75, 3.05) is 17.2 Å². The number of carbonyl (C=O) groups excluding carboxylic acids is 3. The van der Waals surface area contributed by atoms with Crippen LogP contribution in [0.3, 0.4) is 0 Å². The first-order chi connectivity index (χ1) is 15.4. The lowest BCUT2D eigenvalue weighted by molar-refractivity contribution is -0.135. The average molecular weight is 472 g/mol. The molecule has 166 valence electrons. The van der Waals surface area contributed by atoms with E-state index in [1.54, 1.807) is 37.3 Å². The smallest absolute Gasteiger partial charge is 0.333 e. The Morgan fingerprint density at radius 2 is 1.78 bits per heavy atom. The fraction of sp³-hybridized carbons (Fsp3) is 0.182. The zero-order valence-electron chi connectivity index (χ0n) is 17.4. The van der Waals surface area contributed by atoms with Crippen molar-refractivity contribution >= 4 is 64.0 Å². The molecule has 0 saturated heterocycles. The molecule has 0 radical (unpaired) electrons. The van der Waals surface area contributed by atoms with Crippen LogP contribution in [-0.2, 0) is 25.7 Å². The molecule has 2 amide bonds. The molecule has 0 bridgehead atoms. The van der Waals surface area contributed by atoms with Gasteiger partial charge in [-0.1, -0.05) is 6.07 Å². The Morgan fingerprint density at radius 1 is 1.09 bits per heavy atom. The van der Waals surface area contributed by atoms with Gasteiger partial charge in [0.05, 0.1) is 17.2 Å². The fourth-order valence-electron chi connectivity index (χ4n) is 2.76. The molecule has 32 heavy (non-hydrogen) atoms. The first-order valence-electron chi connectivity index (χ1n) is 9.66. The van der Waals surface area contributed by atoms with Gasteiger partial charge in [-0.2, -0.15) is 0 Å². The molecule has 0 aliphatic heterocycles. The second-order valence-electron chi connectivity index (χ2n) is 6.56. The normalized spacial score (nSPS) is 11.9. The van der Waals surface area contributed by atoms with Crippen LogP contribution in [0.5, 0.6) is 0 Å². The van der Waals surface area contributed by atoms with Gasteiger partial charge < -0.3 is 15.4 Å². The molecule has 2 heterocycles. The Balaban J connectivity index is 1.87. The van der Waals surface area contributed by atoms with E-state index in [2.05, 4.69) is 10.6 Å². The van der Waals surface area contributed by atoms with E-state index < -0.39 is 11.9 Å². The Hall–Kier alpha value is -3.50. The van der Waals surface area contributed by atoms with Crippen molar-refractivity contribution in [2.45, 2.75) is 20.4 Å². The number of esters is 1. The van der Waals surface area contributed by atoms with Crippen molar-refractivity contribution < 1.29 is 19.1 Å². The van der Waals surface area contributed by atoms with Crippen LogP contribution >= 0.6 is 22.7 Å². The summed E-state index contributed by atoms with van der Waals surface area (Å²) in [6.07, 6.45) is 2.95. The summed E-state index contributed by atoms with van der Waals surface area (Å²) in [6.45, 7) is 3.03. The van der Waals surface area contributed by atoms with Crippen molar-refractivity contribution in [1.82, 2.24) is 4.57 Å². The zero-order valence-corrected chi connectivity index (χ0v) is 19.0. The van der Waals surface area contributed by atoms with Crippen LogP contribution in [0.15, 0.2) is 46.6 Å². The number of ether oxygens (including phenoxy) is 1. The summed E-state index contributed by atoms with van der Waals surface area (Å²) < 4.78 is 6.94. The minimum absolute atomic E-state index is 0.195. The SMILES string of the molecule is CCOC(=O)C=c1s/c(=C\c2cccs2)c(=O)n1CC(=O)Nc1ccc(NC(C)=O)cc1. The molecule has 3 rings (SSSR count). The maximum atomic E-state index is 12.9. The zero-order chi connectivity index (χ0) is 23.1. The van der Waals surface area contributed by atoms with Crippen LogP contribution in [0.25, 0.3) is 12.2 Å². The number of amides is 2. The van der Waals surface area contributed by atoms with Gasteiger partial charge in [0, 0.05) is 23.2 Å². The van der Waals surface area contributed by atoms with Gasteiger partial charge in [-0.3, -0.25) is 19.0 Å². The third-order valence-electron chi connectivity index (χ3n) is 4.07. The lowest BCUT2D eigenvalue weighted by atomic mass is 10.2. The van der Waals surface area contributed by atoms with Gasteiger partial charge in [0.15, 0.2) is 0 Å². The predicted octanol–water partition coefficient (Wildman–Crippen LogP) is 1.74. The third kappa shape index (κ3) is 6.25. The topological polar surface area (TPSA) is 106 Å². The quantitative estimate of drug-likeness (QED) is 0.511. The Bertz CT molecular complexity index is 1290. The second kappa shape index (κ2) is 10.7. The first kappa shape index (κ1) is 23.2. The summed E-state index contributed by atoms with van der Waals surface area (Å²) in [7, 11) is 0. The van der Waals surface area contributed by atoms with Crippen molar-refractivity contribution in [3.8, 4) is 0 Å². The summed E-state index contributed by atoms with van der Waals surface area (Å²) in [5.41, 5.74) is 0.744. The Labute approximate surface area is 191 Å². The van der Waals surface area contributed by atoms with Crippen LogP contribution in [-0.4, -0.2) is 29.0 Å². The van der Waals surface area contributed by atoms with E-state index in [9.17, 15) is 19.2 Å². The lowest BCUT2D eigenvalue weighted by Crippen LogP contribution is -2.36. The van der Waals surface area contributed by atoms with Crippen molar-refractivity contribution in [3.05, 3.63) is 66.2 Å². The highest BCUT2D eigenvalue weighted by atomic mass is 32.1.